The average molecular weight is 419 g/mol. The third-order valence-corrected chi connectivity index (χ3v) is 4.66. The molecule has 0 spiro atoms. The van der Waals surface area contributed by atoms with Gasteiger partial charge in [-0.2, -0.15) is 5.10 Å². The van der Waals surface area contributed by atoms with E-state index in [0.29, 0.717) is 28.1 Å². The molecule has 0 radical (unpaired) electrons. The van der Waals surface area contributed by atoms with Crippen molar-refractivity contribution >= 4 is 28.5 Å². The van der Waals surface area contributed by atoms with Gasteiger partial charge in [-0.15, -0.1) is 5.10 Å². The Balaban J connectivity index is 1.89. The molecule has 0 saturated heterocycles. The molecule has 0 unspecified atom stereocenters. The van der Waals surface area contributed by atoms with Crippen LogP contribution in [0.1, 0.15) is 5.69 Å². The molecule has 2 aromatic carbocycles. The van der Waals surface area contributed by atoms with Gasteiger partial charge in [-0.3, -0.25) is 0 Å². The molecule has 8 nitrogen and oxygen atoms in total. The third kappa shape index (κ3) is 4.25. The highest BCUT2D eigenvalue weighted by Crippen LogP contribution is 2.36. The van der Waals surface area contributed by atoms with E-state index in [0.717, 1.165) is 11.3 Å². The highest BCUT2D eigenvalue weighted by molar-refractivity contribution is 5.98. The first-order valence-corrected chi connectivity index (χ1v) is 9.36. The number of hydrogen-bond donors (Lipinski definition) is 1. The van der Waals surface area contributed by atoms with Crippen molar-refractivity contribution in [2.45, 2.75) is 6.92 Å². The van der Waals surface area contributed by atoms with E-state index in [4.69, 9.17) is 9.84 Å². The lowest BCUT2D eigenvalue weighted by Gasteiger charge is -2.19. The number of anilines is 2. The molecule has 156 valence electrons. The molecule has 0 fully saturated rings. The second kappa shape index (κ2) is 8.31. The maximum atomic E-state index is 13.4. The molecule has 0 aliphatic heterocycles. The molecule has 9 heteroatoms. The van der Waals surface area contributed by atoms with Crippen molar-refractivity contribution < 1.29 is 19.0 Å². The van der Waals surface area contributed by atoms with Crippen molar-refractivity contribution in [3.05, 3.63) is 66.4 Å². The summed E-state index contributed by atoms with van der Waals surface area (Å²) in [6, 6.07) is 13.2. The van der Waals surface area contributed by atoms with Crippen molar-refractivity contribution in [2.24, 2.45) is 0 Å². The number of halogens is 1. The zero-order valence-electron chi connectivity index (χ0n) is 16.8. The van der Waals surface area contributed by atoms with Crippen LogP contribution >= 0.6 is 0 Å². The first-order valence-electron chi connectivity index (χ1n) is 9.36. The number of fused-ring (bicyclic) bond motifs is 1. The summed E-state index contributed by atoms with van der Waals surface area (Å²) >= 11 is 0. The number of aliphatic carboxylic acids is 1. The lowest BCUT2D eigenvalue weighted by atomic mass is 10.0. The molecular formula is C22H18FN5O3. The van der Waals surface area contributed by atoms with Crippen LogP contribution in [0.4, 0.5) is 16.0 Å². The Hall–Kier alpha value is -4.14. The fourth-order valence-corrected chi connectivity index (χ4v) is 3.13. The second-order valence-electron chi connectivity index (χ2n) is 6.85. The number of hydrogen-bond acceptors (Lipinski definition) is 7. The molecule has 31 heavy (non-hydrogen) atoms. The highest BCUT2D eigenvalue weighted by atomic mass is 19.1. The van der Waals surface area contributed by atoms with Crippen LogP contribution in [0.15, 0.2) is 54.9 Å². The number of carbonyl (C=O) groups is 1. The zero-order chi connectivity index (χ0) is 22.0. The van der Waals surface area contributed by atoms with Crippen LogP contribution in [0.2, 0.25) is 0 Å². The molecule has 4 rings (SSSR count). The van der Waals surface area contributed by atoms with Crippen LogP contribution in [0, 0.1) is 12.7 Å². The van der Waals surface area contributed by atoms with Gasteiger partial charge in [0, 0.05) is 12.4 Å². The number of carboxylic acids is 1. The van der Waals surface area contributed by atoms with Crippen molar-refractivity contribution in [3.63, 3.8) is 0 Å². The maximum Gasteiger partial charge on any atom is 0.341 e. The summed E-state index contributed by atoms with van der Waals surface area (Å²) in [7, 11) is 1.80. The quantitative estimate of drug-likeness (QED) is 0.504. The van der Waals surface area contributed by atoms with Gasteiger partial charge >= 0.3 is 5.97 Å². The van der Waals surface area contributed by atoms with Gasteiger partial charge in [0.05, 0.1) is 5.69 Å². The molecular weight excluding hydrogens is 401 g/mol. The van der Waals surface area contributed by atoms with Gasteiger partial charge in [-0.25, -0.2) is 19.2 Å². The first kappa shape index (κ1) is 20.1. The van der Waals surface area contributed by atoms with Crippen LogP contribution in [0.5, 0.6) is 5.75 Å². The summed E-state index contributed by atoms with van der Waals surface area (Å²) in [5, 5.41) is 18.0. The summed E-state index contributed by atoms with van der Waals surface area (Å²) in [5.74, 6) is -0.0698. The van der Waals surface area contributed by atoms with E-state index in [-0.39, 0.29) is 11.6 Å². The predicted octanol–water partition coefficient (Wildman–Crippen LogP) is 3.77. The van der Waals surface area contributed by atoms with Crippen LogP contribution in [0.25, 0.3) is 22.0 Å². The fraction of sp³-hybridized carbons (Fsp3) is 0.136. The van der Waals surface area contributed by atoms with E-state index >= 15 is 0 Å². The van der Waals surface area contributed by atoms with Crippen molar-refractivity contribution in [3.8, 4) is 16.9 Å². The van der Waals surface area contributed by atoms with Gasteiger partial charge in [0.1, 0.15) is 29.2 Å². The SMILES string of the molecule is Cc1ccc(N(C)c2ncnc3c(OCC(=O)O)cc(-c4ccc(F)cc4)cc23)nn1. The molecule has 0 aliphatic carbocycles. The Morgan fingerprint density at radius 3 is 2.52 bits per heavy atom. The monoisotopic (exact) mass is 419 g/mol. The lowest BCUT2D eigenvalue weighted by molar-refractivity contribution is -0.139. The molecule has 0 aliphatic rings. The van der Waals surface area contributed by atoms with Gasteiger partial charge in [0.25, 0.3) is 0 Å². The Kier molecular flexibility index (Phi) is 5.40. The molecule has 0 saturated carbocycles. The third-order valence-electron chi connectivity index (χ3n) is 4.66. The molecule has 0 bridgehead atoms. The van der Waals surface area contributed by atoms with Crippen LogP contribution in [0.3, 0.4) is 0 Å². The van der Waals surface area contributed by atoms with Crippen molar-refractivity contribution in [1.29, 1.82) is 0 Å². The molecule has 4 aromatic rings. The minimum absolute atomic E-state index is 0.284. The van der Waals surface area contributed by atoms with Gasteiger partial charge in [0.15, 0.2) is 12.4 Å². The summed E-state index contributed by atoms with van der Waals surface area (Å²) in [5.41, 5.74) is 2.67. The van der Waals surface area contributed by atoms with E-state index in [1.54, 1.807) is 30.1 Å². The second-order valence-corrected chi connectivity index (χ2v) is 6.85. The number of aryl methyl sites for hydroxylation is 1. The topological polar surface area (TPSA) is 101 Å². The van der Waals surface area contributed by atoms with Crippen molar-refractivity contribution in [1.82, 2.24) is 20.2 Å². The summed E-state index contributed by atoms with van der Waals surface area (Å²) in [4.78, 5) is 21.5. The number of aromatic nitrogens is 4. The Bertz CT molecular complexity index is 1250. The summed E-state index contributed by atoms with van der Waals surface area (Å²) in [6.07, 6.45) is 1.38. The summed E-state index contributed by atoms with van der Waals surface area (Å²) in [6.45, 7) is 1.32. The minimum Gasteiger partial charge on any atom is -0.480 e. The number of ether oxygens (including phenoxy) is 1. The maximum absolute atomic E-state index is 13.4. The smallest absolute Gasteiger partial charge is 0.341 e. The van der Waals surface area contributed by atoms with Gasteiger partial charge < -0.3 is 14.7 Å². The van der Waals surface area contributed by atoms with Gasteiger partial charge in [0.2, 0.25) is 0 Å². The molecule has 0 amide bonds. The average Bonchev–Trinajstić information content (AvgIpc) is 2.77. The summed E-state index contributed by atoms with van der Waals surface area (Å²) < 4.78 is 18.9. The van der Waals surface area contributed by atoms with Crippen LogP contribution in [-0.2, 0) is 4.79 Å². The minimum atomic E-state index is -1.11. The largest absolute Gasteiger partial charge is 0.480 e. The van der Waals surface area contributed by atoms with E-state index in [9.17, 15) is 9.18 Å². The standard InChI is InChI=1S/C22H18FN5O3/c1-13-3-8-19(27-26-13)28(2)22-17-9-15(14-4-6-16(23)7-5-14)10-18(31-11-20(29)30)21(17)24-12-25-22/h3-10,12H,11H2,1-2H3,(H,29,30). The lowest BCUT2D eigenvalue weighted by Crippen LogP contribution is -2.15. The number of rotatable bonds is 6. The Labute approximate surface area is 177 Å². The number of nitrogens with zero attached hydrogens (tertiary/aromatic N) is 5. The van der Waals surface area contributed by atoms with Gasteiger partial charge in [-0.05, 0) is 54.4 Å². The Morgan fingerprint density at radius 1 is 1.06 bits per heavy atom. The van der Waals surface area contributed by atoms with E-state index < -0.39 is 12.6 Å². The number of benzene rings is 2. The van der Waals surface area contributed by atoms with Crippen LogP contribution in [-0.4, -0.2) is 44.9 Å². The number of carboxylic acid groups (broad SMARTS) is 1. The normalized spacial score (nSPS) is 10.8. The van der Waals surface area contributed by atoms with Crippen molar-refractivity contribution in [2.75, 3.05) is 18.6 Å². The van der Waals surface area contributed by atoms with E-state index in [1.807, 2.05) is 25.1 Å². The zero-order valence-corrected chi connectivity index (χ0v) is 16.8. The fourth-order valence-electron chi connectivity index (χ4n) is 3.13. The molecule has 1 N–H and O–H groups in total. The molecule has 2 heterocycles. The van der Waals surface area contributed by atoms with E-state index in [2.05, 4.69) is 20.2 Å². The van der Waals surface area contributed by atoms with Gasteiger partial charge in [-0.1, -0.05) is 12.1 Å². The first-order chi connectivity index (χ1) is 14.9. The highest BCUT2D eigenvalue weighted by Gasteiger charge is 2.17. The van der Waals surface area contributed by atoms with Crippen LogP contribution < -0.4 is 9.64 Å². The molecule has 2 aromatic heterocycles. The molecule has 0 atom stereocenters. The predicted molar refractivity (Wildman–Crippen MR) is 113 cm³/mol. The Morgan fingerprint density at radius 2 is 1.84 bits per heavy atom. The van der Waals surface area contributed by atoms with E-state index in [1.165, 1.54) is 18.5 Å².